The molecule has 0 spiro atoms. The Bertz CT molecular complexity index is 403. The lowest BCUT2D eigenvalue weighted by Crippen LogP contribution is -2.10. The Balaban J connectivity index is 2.47. The summed E-state index contributed by atoms with van der Waals surface area (Å²) in [6.07, 6.45) is 1.36. The largest absolute Gasteiger partial charge is 0.468 e. The summed E-state index contributed by atoms with van der Waals surface area (Å²) in [4.78, 5) is 23.3. The standard InChI is InChI=1S/C13H17NO3S/c1-3-4-12(15)14-10-5-7-11(8-6-10)18-9-13(16)17-2/h5-8H,3-4,9H2,1-2H3,(H,14,15). The van der Waals surface area contributed by atoms with Crippen LogP contribution < -0.4 is 5.32 Å². The minimum atomic E-state index is -0.250. The van der Waals surface area contributed by atoms with Gasteiger partial charge in [-0.15, -0.1) is 11.8 Å². The number of carbonyl (C=O) groups is 2. The van der Waals surface area contributed by atoms with Crippen LogP contribution in [0.2, 0.25) is 0 Å². The number of ether oxygens (including phenoxy) is 1. The Morgan fingerprint density at radius 1 is 1.28 bits per heavy atom. The molecular weight excluding hydrogens is 250 g/mol. The van der Waals surface area contributed by atoms with Crippen LogP contribution in [0.25, 0.3) is 0 Å². The first-order chi connectivity index (χ1) is 8.65. The van der Waals surface area contributed by atoms with Crippen LogP contribution in [0.4, 0.5) is 5.69 Å². The number of nitrogens with one attached hydrogen (secondary N) is 1. The molecule has 0 atom stereocenters. The van der Waals surface area contributed by atoms with E-state index in [9.17, 15) is 9.59 Å². The maximum atomic E-state index is 11.4. The number of carbonyl (C=O) groups excluding carboxylic acids is 2. The second-order valence-corrected chi connectivity index (χ2v) is 4.74. The maximum Gasteiger partial charge on any atom is 0.315 e. The van der Waals surface area contributed by atoms with E-state index in [1.54, 1.807) is 0 Å². The van der Waals surface area contributed by atoms with E-state index in [-0.39, 0.29) is 17.6 Å². The predicted molar refractivity (Wildman–Crippen MR) is 72.7 cm³/mol. The Morgan fingerprint density at radius 2 is 1.94 bits per heavy atom. The number of amides is 1. The normalized spacial score (nSPS) is 9.89. The van der Waals surface area contributed by atoms with Gasteiger partial charge >= 0.3 is 5.97 Å². The van der Waals surface area contributed by atoms with E-state index in [0.717, 1.165) is 17.0 Å². The fraction of sp³-hybridized carbons (Fsp3) is 0.385. The number of hydrogen-bond donors (Lipinski definition) is 1. The van der Waals surface area contributed by atoms with Gasteiger partial charge in [-0.05, 0) is 30.7 Å². The van der Waals surface area contributed by atoms with Crippen molar-refractivity contribution < 1.29 is 14.3 Å². The van der Waals surface area contributed by atoms with Crippen LogP contribution in [0.1, 0.15) is 19.8 Å². The van der Waals surface area contributed by atoms with E-state index in [1.807, 2.05) is 31.2 Å². The fourth-order valence-electron chi connectivity index (χ4n) is 1.29. The van der Waals surface area contributed by atoms with Crippen LogP contribution >= 0.6 is 11.8 Å². The SMILES string of the molecule is CCCC(=O)Nc1ccc(SCC(=O)OC)cc1. The highest BCUT2D eigenvalue weighted by Gasteiger charge is 2.03. The number of benzene rings is 1. The Hall–Kier alpha value is -1.49. The molecular formula is C13H17NO3S. The van der Waals surface area contributed by atoms with Crippen LogP contribution in [0.5, 0.6) is 0 Å². The molecule has 0 aliphatic rings. The number of anilines is 1. The van der Waals surface area contributed by atoms with Crippen molar-refractivity contribution in [2.24, 2.45) is 0 Å². The smallest absolute Gasteiger partial charge is 0.315 e. The van der Waals surface area contributed by atoms with Gasteiger partial charge in [0.05, 0.1) is 12.9 Å². The first-order valence-electron chi connectivity index (χ1n) is 5.75. The van der Waals surface area contributed by atoms with Gasteiger partial charge in [0.1, 0.15) is 0 Å². The molecule has 0 aromatic heterocycles. The zero-order valence-corrected chi connectivity index (χ0v) is 11.4. The minimum absolute atomic E-state index is 0.0208. The van der Waals surface area contributed by atoms with Crippen molar-refractivity contribution in [3.8, 4) is 0 Å². The van der Waals surface area contributed by atoms with Gasteiger partial charge < -0.3 is 10.1 Å². The van der Waals surface area contributed by atoms with Gasteiger partial charge in [0, 0.05) is 17.0 Å². The Morgan fingerprint density at radius 3 is 2.50 bits per heavy atom. The van der Waals surface area contributed by atoms with Crippen molar-refractivity contribution in [3.05, 3.63) is 24.3 Å². The molecule has 1 N–H and O–H groups in total. The number of thioether (sulfide) groups is 1. The summed E-state index contributed by atoms with van der Waals surface area (Å²) in [6.45, 7) is 1.96. The summed E-state index contributed by atoms with van der Waals surface area (Å²) >= 11 is 1.40. The van der Waals surface area contributed by atoms with Gasteiger partial charge in [0.25, 0.3) is 0 Å². The van der Waals surface area contributed by atoms with E-state index in [0.29, 0.717) is 6.42 Å². The lowest BCUT2D eigenvalue weighted by Gasteiger charge is -2.05. The summed E-state index contributed by atoms with van der Waals surface area (Å²) in [6, 6.07) is 7.39. The molecule has 1 rings (SSSR count). The molecule has 0 saturated heterocycles. The molecule has 1 amide bonds. The first kappa shape index (κ1) is 14.6. The third-order valence-electron chi connectivity index (χ3n) is 2.20. The lowest BCUT2D eigenvalue weighted by molar-refractivity contribution is -0.137. The number of hydrogen-bond acceptors (Lipinski definition) is 4. The molecule has 4 nitrogen and oxygen atoms in total. The van der Waals surface area contributed by atoms with Gasteiger partial charge in [-0.25, -0.2) is 0 Å². The summed E-state index contributed by atoms with van der Waals surface area (Å²) in [5.74, 6) is 0.0608. The molecule has 1 aromatic rings. The molecule has 0 unspecified atom stereocenters. The van der Waals surface area contributed by atoms with Crippen molar-refractivity contribution in [2.45, 2.75) is 24.7 Å². The molecule has 98 valence electrons. The van der Waals surface area contributed by atoms with Crippen LogP contribution in [0.15, 0.2) is 29.2 Å². The van der Waals surface area contributed by atoms with Crippen LogP contribution in [-0.2, 0) is 14.3 Å². The van der Waals surface area contributed by atoms with Gasteiger partial charge in [0.15, 0.2) is 0 Å². The van der Waals surface area contributed by atoms with Crippen molar-refractivity contribution in [1.82, 2.24) is 0 Å². The first-order valence-corrected chi connectivity index (χ1v) is 6.73. The minimum Gasteiger partial charge on any atom is -0.468 e. The quantitative estimate of drug-likeness (QED) is 0.636. The van der Waals surface area contributed by atoms with E-state index in [2.05, 4.69) is 10.1 Å². The van der Waals surface area contributed by atoms with Gasteiger partial charge in [-0.2, -0.15) is 0 Å². The van der Waals surface area contributed by atoms with E-state index >= 15 is 0 Å². The predicted octanol–water partition coefficient (Wildman–Crippen LogP) is 2.69. The van der Waals surface area contributed by atoms with Gasteiger partial charge in [0.2, 0.25) is 5.91 Å². The third-order valence-corrected chi connectivity index (χ3v) is 3.19. The number of methoxy groups -OCH3 is 1. The Labute approximate surface area is 111 Å². The summed E-state index contributed by atoms with van der Waals surface area (Å²) < 4.78 is 4.56. The van der Waals surface area contributed by atoms with Gasteiger partial charge in [-0.1, -0.05) is 6.92 Å². The van der Waals surface area contributed by atoms with Crippen molar-refractivity contribution in [1.29, 1.82) is 0 Å². The Kier molecular flexibility index (Phi) is 6.28. The molecule has 0 aliphatic heterocycles. The zero-order valence-electron chi connectivity index (χ0n) is 10.6. The highest BCUT2D eigenvalue weighted by atomic mass is 32.2. The zero-order chi connectivity index (χ0) is 13.4. The number of rotatable bonds is 6. The molecule has 18 heavy (non-hydrogen) atoms. The van der Waals surface area contributed by atoms with E-state index < -0.39 is 0 Å². The van der Waals surface area contributed by atoms with Crippen LogP contribution in [0, 0.1) is 0 Å². The molecule has 0 bridgehead atoms. The number of esters is 1. The van der Waals surface area contributed by atoms with Crippen molar-refractivity contribution in [3.63, 3.8) is 0 Å². The van der Waals surface area contributed by atoms with Crippen molar-refractivity contribution >= 4 is 29.3 Å². The highest BCUT2D eigenvalue weighted by Crippen LogP contribution is 2.20. The van der Waals surface area contributed by atoms with Crippen molar-refractivity contribution in [2.75, 3.05) is 18.2 Å². The molecule has 1 aromatic carbocycles. The molecule has 5 heteroatoms. The van der Waals surface area contributed by atoms with Gasteiger partial charge in [-0.3, -0.25) is 9.59 Å². The van der Waals surface area contributed by atoms with E-state index in [1.165, 1.54) is 18.9 Å². The topological polar surface area (TPSA) is 55.4 Å². The fourth-order valence-corrected chi connectivity index (χ4v) is 2.02. The van der Waals surface area contributed by atoms with E-state index in [4.69, 9.17) is 0 Å². The summed E-state index contributed by atoms with van der Waals surface area (Å²) in [5.41, 5.74) is 0.774. The highest BCUT2D eigenvalue weighted by molar-refractivity contribution is 8.00. The summed E-state index contributed by atoms with van der Waals surface area (Å²) in [7, 11) is 1.37. The molecule has 0 fully saturated rings. The average Bonchev–Trinajstić information content (AvgIpc) is 2.37. The second kappa shape index (κ2) is 7.76. The second-order valence-electron chi connectivity index (χ2n) is 3.69. The molecule has 0 heterocycles. The molecule has 0 aliphatic carbocycles. The molecule has 0 saturated carbocycles. The monoisotopic (exact) mass is 267 g/mol. The van der Waals surface area contributed by atoms with Crippen LogP contribution in [0.3, 0.4) is 0 Å². The lowest BCUT2D eigenvalue weighted by atomic mass is 10.3. The molecule has 0 radical (unpaired) electrons. The summed E-state index contributed by atoms with van der Waals surface area (Å²) in [5, 5.41) is 2.81. The third kappa shape index (κ3) is 5.23. The average molecular weight is 267 g/mol. The van der Waals surface area contributed by atoms with Crippen LogP contribution in [-0.4, -0.2) is 24.7 Å². The maximum absolute atomic E-state index is 11.4.